The van der Waals surface area contributed by atoms with Gasteiger partial charge in [0, 0.05) is 6.42 Å². The van der Waals surface area contributed by atoms with Gasteiger partial charge in [-0.25, -0.2) is 0 Å². The molecule has 1 N–H and O–H groups in total. The van der Waals surface area contributed by atoms with Crippen molar-refractivity contribution >= 4 is 11.9 Å². The number of carbonyl (C=O) groups is 2. The molecule has 0 amide bonds. The lowest BCUT2D eigenvalue weighted by Gasteiger charge is -2.16. The van der Waals surface area contributed by atoms with Gasteiger partial charge in [-0.15, -0.1) is 0 Å². The molecule has 0 bridgehead atoms. The Bertz CT molecular complexity index is 643. The largest absolute Gasteiger partial charge is 0.481 e. The van der Waals surface area contributed by atoms with Gasteiger partial charge in [-0.05, 0) is 44.9 Å². The number of ether oxygens (including phenoxy) is 1. The molecule has 0 aliphatic heterocycles. The van der Waals surface area contributed by atoms with Gasteiger partial charge in [-0.2, -0.15) is 0 Å². The molecule has 1 atom stereocenters. The number of aliphatic carboxylic acids is 1. The van der Waals surface area contributed by atoms with Crippen molar-refractivity contribution in [1.82, 2.24) is 0 Å². The molecule has 0 fully saturated rings. The van der Waals surface area contributed by atoms with Crippen LogP contribution in [0.3, 0.4) is 0 Å². The van der Waals surface area contributed by atoms with Crippen molar-refractivity contribution in [2.24, 2.45) is 0 Å². The van der Waals surface area contributed by atoms with E-state index in [-0.39, 0.29) is 12.4 Å². The smallest absolute Gasteiger partial charge is 0.307 e. The van der Waals surface area contributed by atoms with Gasteiger partial charge in [0.2, 0.25) is 0 Å². The normalized spacial score (nSPS) is 12.2. The van der Waals surface area contributed by atoms with Crippen molar-refractivity contribution in [2.45, 2.75) is 238 Å². The Balaban J connectivity index is 3.57. The summed E-state index contributed by atoms with van der Waals surface area (Å²) in [4.78, 5) is 23.6. The lowest BCUT2D eigenvalue weighted by molar-refractivity contribution is -0.153. The number of hydrogen-bond donors (Lipinski definition) is 1. The van der Waals surface area contributed by atoms with Crippen LogP contribution in [0.4, 0.5) is 0 Å². The van der Waals surface area contributed by atoms with E-state index >= 15 is 0 Å². The second-order valence-electron chi connectivity index (χ2n) is 13.8. The van der Waals surface area contributed by atoms with Crippen LogP contribution in [0.2, 0.25) is 0 Å². The molecule has 1 unspecified atom stereocenters. The van der Waals surface area contributed by atoms with E-state index in [0.29, 0.717) is 12.8 Å². The zero-order valence-electron chi connectivity index (χ0n) is 30.4. The molecule has 0 saturated heterocycles. The third-order valence-electron chi connectivity index (χ3n) is 9.22. The van der Waals surface area contributed by atoms with Crippen molar-refractivity contribution < 1.29 is 19.4 Å². The fraction of sp³-hybridized carbons (Fsp3) is 0.902. The van der Waals surface area contributed by atoms with E-state index in [4.69, 9.17) is 4.74 Å². The van der Waals surface area contributed by atoms with E-state index in [9.17, 15) is 14.7 Å². The summed E-state index contributed by atoms with van der Waals surface area (Å²) in [6.07, 6.45) is 45.3. The van der Waals surface area contributed by atoms with Gasteiger partial charge in [0.1, 0.15) is 6.10 Å². The highest BCUT2D eigenvalue weighted by Crippen LogP contribution is 2.17. The topological polar surface area (TPSA) is 63.6 Å². The second-order valence-corrected chi connectivity index (χ2v) is 13.8. The van der Waals surface area contributed by atoms with Gasteiger partial charge >= 0.3 is 11.9 Å². The van der Waals surface area contributed by atoms with Crippen LogP contribution in [0.25, 0.3) is 0 Å². The number of carbonyl (C=O) groups excluding carboxylic acids is 1. The summed E-state index contributed by atoms with van der Waals surface area (Å²) < 4.78 is 5.58. The molecule has 0 aromatic rings. The molecule has 0 aromatic heterocycles. The second kappa shape index (κ2) is 37.1. The monoisotopic (exact) mass is 635 g/mol. The number of unbranched alkanes of at least 4 members (excludes halogenated alkanes) is 28. The predicted octanol–water partition coefficient (Wildman–Crippen LogP) is 13.8. The van der Waals surface area contributed by atoms with Crippen LogP contribution in [0.5, 0.6) is 0 Å². The number of carboxylic acids is 1. The number of rotatable bonds is 37. The third kappa shape index (κ3) is 37.0. The Morgan fingerprint density at radius 1 is 0.489 bits per heavy atom. The zero-order valence-corrected chi connectivity index (χ0v) is 30.4. The molecule has 266 valence electrons. The first kappa shape index (κ1) is 43.7. The number of carboxylic acid groups (broad SMARTS) is 1. The fourth-order valence-electron chi connectivity index (χ4n) is 6.26. The molecule has 45 heavy (non-hydrogen) atoms. The zero-order chi connectivity index (χ0) is 32.9. The minimum absolute atomic E-state index is 0.0693. The third-order valence-corrected chi connectivity index (χ3v) is 9.22. The average molecular weight is 635 g/mol. The summed E-state index contributed by atoms with van der Waals surface area (Å²) >= 11 is 0. The standard InChI is InChI=1S/C41H78O4/c1-3-5-7-9-11-13-15-17-18-19-20-21-22-23-24-25-27-29-31-33-35-37-41(44)45-39(38-40(42)43)36-34-32-30-28-26-16-14-12-10-8-6-4-2/h17-18,39H,3-16,19-38H2,1-2H3,(H,42,43)/b18-17-. The Morgan fingerprint density at radius 2 is 0.822 bits per heavy atom. The average Bonchev–Trinajstić information content (AvgIpc) is 3.02. The first-order chi connectivity index (χ1) is 22.1. The molecule has 0 spiro atoms. The van der Waals surface area contributed by atoms with Crippen LogP contribution in [-0.4, -0.2) is 23.1 Å². The first-order valence-electron chi connectivity index (χ1n) is 20.2. The van der Waals surface area contributed by atoms with Gasteiger partial charge in [0.25, 0.3) is 0 Å². The highest BCUT2D eigenvalue weighted by Gasteiger charge is 2.17. The van der Waals surface area contributed by atoms with Crippen molar-refractivity contribution in [2.75, 3.05) is 0 Å². The van der Waals surface area contributed by atoms with Crippen molar-refractivity contribution in [3.63, 3.8) is 0 Å². The SMILES string of the molecule is CCCCCCCC/C=C\CCCCCCCCCCCCCC(=O)OC(CCCCCCCCCCCCCC)CC(=O)O. The maximum absolute atomic E-state index is 12.3. The Labute approximate surface area is 281 Å². The summed E-state index contributed by atoms with van der Waals surface area (Å²) in [5.74, 6) is -1.09. The van der Waals surface area contributed by atoms with Crippen LogP contribution in [0, 0.1) is 0 Å². The molecule has 0 heterocycles. The van der Waals surface area contributed by atoms with E-state index in [2.05, 4.69) is 26.0 Å². The number of allylic oxidation sites excluding steroid dienone is 2. The Hall–Kier alpha value is -1.32. The summed E-state index contributed by atoms with van der Waals surface area (Å²) in [7, 11) is 0. The van der Waals surface area contributed by atoms with Gasteiger partial charge < -0.3 is 9.84 Å². The minimum atomic E-state index is -0.877. The Morgan fingerprint density at radius 3 is 1.20 bits per heavy atom. The highest BCUT2D eigenvalue weighted by atomic mass is 16.5. The van der Waals surface area contributed by atoms with E-state index in [1.54, 1.807) is 0 Å². The van der Waals surface area contributed by atoms with Crippen LogP contribution in [0.15, 0.2) is 12.2 Å². The first-order valence-corrected chi connectivity index (χ1v) is 20.2. The Kier molecular flexibility index (Phi) is 36.1. The molecule has 0 radical (unpaired) electrons. The molecular weight excluding hydrogens is 556 g/mol. The van der Waals surface area contributed by atoms with Gasteiger partial charge in [0.15, 0.2) is 0 Å². The molecular formula is C41H78O4. The van der Waals surface area contributed by atoms with Gasteiger partial charge in [-0.1, -0.05) is 187 Å². The molecule has 0 aliphatic carbocycles. The minimum Gasteiger partial charge on any atom is -0.481 e. The molecule has 0 aromatic carbocycles. The van der Waals surface area contributed by atoms with E-state index < -0.39 is 12.1 Å². The van der Waals surface area contributed by atoms with Gasteiger partial charge in [0.05, 0.1) is 6.42 Å². The summed E-state index contributed by atoms with van der Waals surface area (Å²) in [6.45, 7) is 4.54. The molecule has 0 aliphatic rings. The fourth-order valence-corrected chi connectivity index (χ4v) is 6.26. The van der Waals surface area contributed by atoms with E-state index in [0.717, 1.165) is 25.7 Å². The predicted molar refractivity (Wildman–Crippen MR) is 195 cm³/mol. The molecule has 0 rings (SSSR count). The quantitative estimate of drug-likeness (QED) is 0.0419. The molecule has 4 heteroatoms. The van der Waals surface area contributed by atoms with Crippen molar-refractivity contribution in [1.29, 1.82) is 0 Å². The van der Waals surface area contributed by atoms with Gasteiger partial charge in [-0.3, -0.25) is 9.59 Å². The number of hydrogen-bond acceptors (Lipinski definition) is 3. The summed E-state index contributed by atoms with van der Waals surface area (Å²) in [5.41, 5.74) is 0. The lowest BCUT2D eigenvalue weighted by Crippen LogP contribution is -2.21. The molecule has 4 nitrogen and oxygen atoms in total. The van der Waals surface area contributed by atoms with Crippen molar-refractivity contribution in [3.8, 4) is 0 Å². The lowest BCUT2D eigenvalue weighted by atomic mass is 10.0. The summed E-state index contributed by atoms with van der Waals surface area (Å²) in [6, 6.07) is 0. The highest BCUT2D eigenvalue weighted by molar-refractivity contribution is 5.71. The maximum atomic E-state index is 12.3. The van der Waals surface area contributed by atoms with E-state index in [1.165, 1.54) is 173 Å². The van der Waals surface area contributed by atoms with E-state index in [1.807, 2.05) is 0 Å². The van der Waals surface area contributed by atoms with Crippen LogP contribution in [0.1, 0.15) is 232 Å². The summed E-state index contributed by atoms with van der Waals surface area (Å²) in [5, 5.41) is 9.25. The van der Waals surface area contributed by atoms with Crippen LogP contribution in [-0.2, 0) is 14.3 Å². The number of esters is 1. The van der Waals surface area contributed by atoms with Crippen LogP contribution < -0.4 is 0 Å². The maximum Gasteiger partial charge on any atom is 0.307 e. The van der Waals surface area contributed by atoms with Crippen LogP contribution >= 0.6 is 0 Å². The van der Waals surface area contributed by atoms with Crippen molar-refractivity contribution in [3.05, 3.63) is 12.2 Å². The molecule has 0 saturated carbocycles.